The highest BCUT2D eigenvalue weighted by Crippen LogP contribution is 2.36. The van der Waals surface area contributed by atoms with Crippen molar-refractivity contribution in [2.24, 2.45) is 4.99 Å². The molecule has 124 valence electrons. The fourth-order valence-electron chi connectivity index (χ4n) is 2.73. The number of amides is 1. The first kappa shape index (κ1) is 16.5. The second-order valence-electron chi connectivity index (χ2n) is 5.34. The van der Waals surface area contributed by atoms with E-state index in [1.807, 2.05) is 6.92 Å². The second kappa shape index (κ2) is 6.29. The van der Waals surface area contributed by atoms with Gasteiger partial charge in [0, 0.05) is 5.22 Å². The highest BCUT2D eigenvalue weighted by atomic mass is 32.1. The lowest BCUT2D eigenvalue weighted by Crippen LogP contribution is -2.22. The first-order valence-corrected chi connectivity index (χ1v) is 8.58. The number of nitrogens with zero attached hydrogens (tertiary/aromatic N) is 2. The molecule has 2 aromatic rings. The van der Waals surface area contributed by atoms with Crippen molar-refractivity contribution in [3.05, 3.63) is 43.7 Å². The van der Waals surface area contributed by atoms with Crippen molar-refractivity contribution in [3.8, 4) is 5.88 Å². The van der Waals surface area contributed by atoms with Gasteiger partial charge < -0.3 is 10.2 Å². The summed E-state index contributed by atoms with van der Waals surface area (Å²) in [6, 6.07) is 6.04. The lowest BCUT2D eigenvalue weighted by atomic mass is 10.1. The number of aromatic nitrogens is 1. The number of aromatic hydroxyl groups is 1. The fraction of sp³-hybridized carbons (Fsp3) is 0.250. The monoisotopic (exact) mass is 362 g/mol. The number of benzene rings is 1. The normalized spacial score (nSPS) is 14.4. The molecule has 1 amide bonds. The van der Waals surface area contributed by atoms with E-state index in [2.05, 4.69) is 4.99 Å². The van der Waals surface area contributed by atoms with Crippen LogP contribution in [0, 0.1) is 3.95 Å². The van der Waals surface area contributed by atoms with E-state index in [1.54, 1.807) is 24.3 Å². The number of hydrogen-bond acceptors (Lipinski definition) is 5. The van der Waals surface area contributed by atoms with Gasteiger partial charge in [-0.2, -0.15) is 0 Å². The summed E-state index contributed by atoms with van der Waals surface area (Å²) in [5.74, 6) is -1.82. The minimum absolute atomic E-state index is 0.216. The van der Waals surface area contributed by atoms with Crippen molar-refractivity contribution < 1.29 is 19.8 Å². The van der Waals surface area contributed by atoms with Crippen LogP contribution in [0.1, 0.15) is 30.7 Å². The van der Waals surface area contributed by atoms with Crippen LogP contribution in [0.2, 0.25) is 0 Å². The molecule has 2 N–H and O–H groups in total. The van der Waals surface area contributed by atoms with Crippen molar-refractivity contribution in [1.29, 1.82) is 0 Å². The molecule has 6 nitrogen and oxygen atoms in total. The van der Waals surface area contributed by atoms with Crippen LogP contribution in [0.4, 0.5) is 0 Å². The molecule has 2 heterocycles. The van der Waals surface area contributed by atoms with E-state index in [0.29, 0.717) is 23.4 Å². The average Bonchev–Trinajstić information content (AvgIpc) is 3.01. The summed E-state index contributed by atoms with van der Waals surface area (Å²) in [4.78, 5) is 28.0. The van der Waals surface area contributed by atoms with Gasteiger partial charge in [-0.1, -0.05) is 31.5 Å². The molecule has 24 heavy (non-hydrogen) atoms. The first-order chi connectivity index (χ1) is 11.5. The van der Waals surface area contributed by atoms with Crippen LogP contribution in [0.25, 0.3) is 5.57 Å². The molecule has 3 rings (SSSR count). The number of para-hydroxylation sites is 1. The molecule has 0 bridgehead atoms. The standard InChI is InChI=1S/C16H14N2O4S2/c1-2-5-10(15(21)22)18-14(20)12(24-16(18)23)11-8-6-3-4-7-9(8)17-13(11)19/h3-4,6-7,10,20H,2,5H2,1H3,(H,21,22)/t10-/m1/s1. The van der Waals surface area contributed by atoms with Crippen molar-refractivity contribution in [2.75, 3.05) is 0 Å². The summed E-state index contributed by atoms with van der Waals surface area (Å²) < 4.78 is 1.43. The smallest absolute Gasteiger partial charge is 0.326 e. The number of carbonyl (C=O) groups is 2. The maximum absolute atomic E-state index is 12.3. The molecule has 0 aliphatic carbocycles. The molecule has 0 spiro atoms. The van der Waals surface area contributed by atoms with Crippen molar-refractivity contribution in [3.63, 3.8) is 0 Å². The zero-order valence-corrected chi connectivity index (χ0v) is 14.4. The van der Waals surface area contributed by atoms with Crippen LogP contribution >= 0.6 is 23.6 Å². The van der Waals surface area contributed by atoms with E-state index in [1.165, 1.54) is 4.57 Å². The number of carboxylic acid groups (broad SMARTS) is 1. The number of hydrogen-bond donors (Lipinski definition) is 2. The quantitative estimate of drug-likeness (QED) is 0.791. The predicted molar refractivity (Wildman–Crippen MR) is 91.1 cm³/mol. The number of rotatable bonds is 5. The molecular formula is C16H14N2O4S2. The van der Waals surface area contributed by atoms with Gasteiger partial charge in [0.1, 0.15) is 10.9 Å². The lowest BCUT2D eigenvalue weighted by molar-refractivity contribution is -0.141. The lowest BCUT2D eigenvalue weighted by Gasteiger charge is -2.14. The fourth-order valence-corrected chi connectivity index (χ4v) is 4.17. The van der Waals surface area contributed by atoms with Gasteiger partial charge in [-0.3, -0.25) is 9.36 Å². The number of thiazole rings is 1. The SMILES string of the molecule is CCC[C@H](C(=O)O)n1c(O)c(C2=c3ccccc3=NC2=O)sc1=S. The molecule has 0 radical (unpaired) electrons. The van der Waals surface area contributed by atoms with Crippen LogP contribution in [0.15, 0.2) is 29.3 Å². The van der Waals surface area contributed by atoms with E-state index in [-0.39, 0.29) is 20.3 Å². The summed E-state index contributed by atoms with van der Waals surface area (Å²) in [7, 11) is 0. The Balaban J connectivity index is 2.25. The first-order valence-electron chi connectivity index (χ1n) is 7.35. The van der Waals surface area contributed by atoms with Gasteiger partial charge in [-0.05, 0) is 24.7 Å². The minimum Gasteiger partial charge on any atom is -0.493 e. The number of carboxylic acids is 1. The van der Waals surface area contributed by atoms with Gasteiger partial charge in [-0.25, -0.2) is 9.79 Å². The number of carbonyl (C=O) groups excluding carboxylic acids is 1. The third-order valence-corrected chi connectivity index (χ3v) is 5.22. The summed E-state index contributed by atoms with van der Waals surface area (Å²) in [5.41, 5.74) is 0.263. The van der Waals surface area contributed by atoms with E-state index in [9.17, 15) is 19.8 Å². The third kappa shape index (κ3) is 2.57. The van der Waals surface area contributed by atoms with Crippen LogP contribution in [-0.2, 0) is 9.59 Å². The number of fused-ring (bicyclic) bond motifs is 1. The Labute approximate surface area is 146 Å². The molecule has 0 unspecified atom stereocenters. The van der Waals surface area contributed by atoms with Crippen LogP contribution in [0.5, 0.6) is 5.88 Å². The van der Waals surface area contributed by atoms with E-state index >= 15 is 0 Å². The Bertz CT molecular complexity index is 1020. The largest absolute Gasteiger partial charge is 0.493 e. The molecule has 8 heteroatoms. The van der Waals surface area contributed by atoms with Crippen molar-refractivity contribution in [2.45, 2.75) is 25.8 Å². The highest BCUT2D eigenvalue weighted by Gasteiger charge is 2.29. The Hall–Kier alpha value is -2.32. The maximum atomic E-state index is 12.3. The summed E-state index contributed by atoms with van der Waals surface area (Å²) in [6.07, 6.45) is 0.953. The summed E-state index contributed by atoms with van der Waals surface area (Å²) >= 11 is 6.27. The molecule has 1 aromatic heterocycles. The van der Waals surface area contributed by atoms with E-state index in [0.717, 1.165) is 11.3 Å². The van der Waals surface area contributed by atoms with Gasteiger partial charge in [0.05, 0.1) is 10.9 Å². The Kier molecular flexibility index (Phi) is 4.33. The van der Waals surface area contributed by atoms with Gasteiger partial charge in [0.25, 0.3) is 5.91 Å². The van der Waals surface area contributed by atoms with Gasteiger partial charge in [-0.15, -0.1) is 11.3 Å². The number of aliphatic carboxylic acids is 1. The summed E-state index contributed by atoms with van der Waals surface area (Å²) in [5, 5.41) is 21.2. The predicted octanol–water partition coefficient (Wildman–Crippen LogP) is 1.77. The highest BCUT2D eigenvalue weighted by molar-refractivity contribution is 7.73. The molecule has 1 aromatic carbocycles. The van der Waals surface area contributed by atoms with Crippen LogP contribution < -0.4 is 10.6 Å². The van der Waals surface area contributed by atoms with Crippen LogP contribution in [0.3, 0.4) is 0 Å². The van der Waals surface area contributed by atoms with Gasteiger partial charge >= 0.3 is 5.97 Å². The van der Waals surface area contributed by atoms with Crippen molar-refractivity contribution >= 4 is 41.0 Å². The average molecular weight is 362 g/mol. The second-order valence-corrected chi connectivity index (χ2v) is 6.99. The minimum atomic E-state index is -1.07. The zero-order chi connectivity index (χ0) is 17.4. The van der Waals surface area contributed by atoms with Gasteiger partial charge in [0.15, 0.2) is 3.95 Å². The molecule has 1 aliphatic heterocycles. The summed E-state index contributed by atoms with van der Waals surface area (Å²) in [6.45, 7) is 1.86. The Morgan fingerprint density at radius 1 is 1.42 bits per heavy atom. The Morgan fingerprint density at radius 3 is 2.79 bits per heavy atom. The van der Waals surface area contributed by atoms with Crippen LogP contribution in [-0.4, -0.2) is 26.7 Å². The van der Waals surface area contributed by atoms with E-state index < -0.39 is 17.9 Å². The molecule has 1 aliphatic rings. The zero-order valence-electron chi connectivity index (χ0n) is 12.7. The molecule has 0 saturated heterocycles. The molecule has 0 saturated carbocycles. The third-order valence-electron chi connectivity index (χ3n) is 3.81. The molecular weight excluding hydrogens is 348 g/mol. The van der Waals surface area contributed by atoms with E-state index in [4.69, 9.17) is 12.2 Å². The van der Waals surface area contributed by atoms with Crippen molar-refractivity contribution in [1.82, 2.24) is 4.57 Å². The Morgan fingerprint density at radius 2 is 2.12 bits per heavy atom. The molecule has 1 atom stereocenters. The molecule has 0 fully saturated rings. The van der Waals surface area contributed by atoms with Gasteiger partial charge in [0.2, 0.25) is 5.88 Å². The maximum Gasteiger partial charge on any atom is 0.326 e. The topological polar surface area (TPSA) is 91.9 Å².